The molecule has 3 aromatic rings. The zero-order valence-corrected chi connectivity index (χ0v) is 15.0. The van der Waals surface area contributed by atoms with Crippen LogP contribution in [0.4, 0.5) is 5.69 Å². The second-order valence-electron chi connectivity index (χ2n) is 6.28. The predicted octanol–water partition coefficient (Wildman–Crippen LogP) is 4.31. The van der Waals surface area contributed by atoms with E-state index in [2.05, 4.69) is 4.99 Å². The number of non-ortho nitro benzene ring substituents is 1. The van der Waals surface area contributed by atoms with Crippen molar-refractivity contribution in [1.29, 1.82) is 0 Å². The van der Waals surface area contributed by atoms with E-state index < -0.39 is 10.9 Å². The van der Waals surface area contributed by atoms with Crippen LogP contribution in [-0.4, -0.2) is 21.9 Å². The quantitative estimate of drug-likeness (QED) is 0.311. The molecule has 4 rings (SSSR count). The molecule has 1 aliphatic rings. The van der Waals surface area contributed by atoms with E-state index in [1.807, 2.05) is 42.5 Å². The molecule has 29 heavy (non-hydrogen) atoms. The van der Waals surface area contributed by atoms with Crippen molar-refractivity contribution < 1.29 is 19.6 Å². The Balaban J connectivity index is 1.63. The van der Waals surface area contributed by atoms with Crippen molar-refractivity contribution in [3.05, 3.63) is 99.7 Å². The first kappa shape index (κ1) is 18.1. The van der Waals surface area contributed by atoms with Crippen LogP contribution < -0.4 is 0 Å². The lowest BCUT2D eigenvalue weighted by Gasteiger charge is -2.03. The number of hydrogen-bond acceptors (Lipinski definition) is 6. The monoisotopic (exact) mass is 386 g/mol. The fourth-order valence-corrected chi connectivity index (χ4v) is 2.89. The third kappa shape index (κ3) is 3.74. The third-order valence-corrected chi connectivity index (χ3v) is 4.37. The van der Waals surface area contributed by atoms with Crippen LogP contribution in [0.3, 0.4) is 0 Å². The summed E-state index contributed by atoms with van der Waals surface area (Å²) in [6.45, 7) is 0. The number of carbonyl (C=O) groups is 1. The van der Waals surface area contributed by atoms with Gasteiger partial charge in [0.2, 0.25) is 5.90 Å². The number of aliphatic imine (C=N–C) groups is 1. The maximum absolute atomic E-state index is 12.2. The highest BCUT2D eigenvalue weighted by Crippen LogP contribution is 2.28. The van der Waals surface area contributed by atoms with E-state index in [9.17, 15) is 20.0 Å². The van der Waals surface area contributed by atoms with Crippen LogP contribution in [0.2, 0.25) is 0 Å². The van der Waals surface area contributed by atoms with E-state index in [4.69, 9.17) is 4.74 Å². The van der Waals surface area contributed by atoms with Gasteiger partial charge in [-0.3, -0.25) is 10.1 Å². The Morgan fingerprint density at radius 3 is 2.28 bits per heavy atom. The minimum atomic E-state index is -0.696. The Morgan fingerprint density at radius 1 is 0.931 bits per heavy atom. The van der Waals surface area contributed by atoms with Crippen molar-refractivity contribution >= 4 is 23.6 Å². The lowest BCUT2D eigenvalue weighted by Crippen LogP contribution is -2.05. The minimum Gasteiger partial charge on any atom is -0.507 e. The van der Waals surface area contributed by atoms with Gasteiger partial charge in [0.15, 0.2) is 5.70 Å². The van der Waals surface area contributed by atoms with Crippen molar-refractivity contribution in [2.75, 3.05) is 0 Å². The molecule has 142 valence electrons. The van der Waals surface area contributed by atoms with E-state index in [0.717, 1.165) is 17.2 Å². The molecule has 0 aliphatic carbocycles. The predicted molar refractivity (Wildman–Crippen MR) is 107 cm³/mol. The van der Waals surface area contributed by atoms with Crippen LogP contribution >= 0.6 is 0 Å². The summed E-state index contributed by atoms with van der Waals surface area (Å²) in [6, 6.07) is 20.7. The zero-order chi connectivity index (χ0) is 20.4. The van der Waals surface area contributed by atoms with Crippen LogP contribution in [0.1, 0.15) is 11.1 Å². The van der Waals surface area contributed by atoms with Crippen LogP contribution in [0.15, 0.2) is 83.5 Å². The average molecular weight is 386 g/mol. The SMILES string of the molecule is O=C1OC(c2ccc(-c3ccccc3)cc2)=NC1=Cc1cc([N+](=O)[O-])ccc1O. The molecule has 0 amide bonds. The number of nitro benzene ring substituents is 1. The van der Waals surface area contributed by atoms with Gasteiger partial charge < -0.3 is 9.84 Å². The molecule has 7 nitrogen and oxygen atoms in total. The number of nitrogens with zero attached hydrogens (tertiary/aromatic N) is 2. The summed E-state index contributed by atoms with van der Waals surface area (Å²) in [7, 11) is 0. The van der Waals surface area contributed by atoms with Gasteiger partial charge >= 0.3 is 5.97 Å². The highest BCUT2D eigenvalue weighted by atomic mass is 16.6. The molecule has 0 atom stereocenters. The fourth-order valence-electron chi connectivity index (χ4n) is 2.89. The molecule has 0 spiro atoms. The highest BCUT2D eigenvalue weighted by Gasteiger charge is 2.25. The molecule has 0 unspecified atom stereocenters. The van der Waals surface area contributed by atoms with E-state index in [-0.39, 0.29) is 28.6 Å². The van der Waals surface area contributed by atoms with Crippen LogP contribution in [0, 0.1) is 10.1 Å². The Hall–Kier alpha value is -4.26. The first-order valence-electron chi connectivity index (χ1n) is 8.67. The Labute approximate surface area is 165 Å². The normalized spacial score (nSPS) is 14.6. The smallest absolute Gasteiger partial charge is 0.363 e. The van der Waals surface area contributed by atoms with Gasteiger partial charge in [-0.1, -0.05) is 42.5 Å². The lowest BCUT2D eigenvalue weighted by molar-refractivity contribution is -0.384. The number of esters is 1. The molecule has 1 aliphatic heterocycles. The lowest BCUT2D eigenvalue weighted by atomic mass is 10.0. The third-order valence-electron chi connectivity index (χ3n) is 4.37. The fraction of sp³-hybridized carbons (Fsp3) is 0. The molecule has 7 heteroatoms. The summed E-state index contributed by atoms with van der Waals surface area (Å²) in [6.07, 6.45) is 1.26. The minimum absolute atomic E-state index is 0.0528. The van der Waals surface area contributed by atoms with Crippen molar-refractivity contribution in [3.8, 4) is 16.9 Å². The number of benzene rings is 3. The summed E-state index contributed by atoms with van der Waals surface area (Å²) in [5.74, 6) is -0.768. The Morgan fingerprint density at radius 2 is 1.59 bits per heavy atom. The zero-order valence-electron chi connectivity index (χ0n) is 15.0. The molecule has 0 bridgehead atoms. The van der Waals surface area contributed by atoms with Crippen LogP contribution in [0.5, 0.6) is 5.75 Å². The van der Waals surface area contributed by atoms with Crippen molar-refractivity contribution in [2.45, 2.75) is 0 Å². The van der Waals surface area contributed by atoms with Crippen molar-refractivity contribution in [2.24, 2.45) is 4.99 Å². The number of carbonyl (C=O) groups excluding carboxylic acids is 1. The summed E-state index contributed by atoms with van der Waals surface area (Å²) in [5, 5.41) is 20.8. The van der Waals surface area contributed by atoms with Gasteiger partial charge in [0.1, 0.15) is 5.75 Å². The maximum atomic E-state index is 12.2. The molecule has 1 heterocycles. The number of ether oxygens (including phenoxy) is 1. The Kier molecular flexibility index (Phi) is 4.62. The van der Waals surface area contributed by atoms with Gasteiger partial charge in [-0.15, -0.1) is 0 Å². The first-order valence-corrected chi connectivity index (χ1v) is 8.67. The standard InChI is InChI=1S/C22H14N2O5/c25-20-11-10-18(24(27)28)12-17(20)13-19-22(26)29-21(23-19)16-8-6-15(7-9-16)14-4-2-1-3-5-14/h1-13,25H. The van der Waals surface area contributed by atoms with Crippen LogP contribution in [-0.2, 0) is 9.53 Å². The average Bonchev–Trinajstić information content (AvgIpc) is 3.10. The van der Waals surface area contributed by atoms with Gasteiger partial charge in [-0.2, -0.15) is 0 Å². The van der Waals surface area contributed by atoms with Crippen molar-refractivity contribution in [1.82, 2.24) is 0 Å². The molecular formula is C22H14N2O5. The summed E-state index contributed by atoms with van der Waals surface area (Å²) in [4.78, 5) is 26.7. The number of hydrogen-bond donors (Lipinski definition) is 1. The molecule has 1 N–H and O–H groups in total. The largest absolute Gasteiger partial charge is 0.507 e. The van der Waals surface area contributed by atoms with Gasteiger partial charge in [0.05, 0.1) is 4.92 Å². The molecule has 0 saturated carbocycles. The number of phenols is 1. The second kappa shape index (κ2) is 7.40. The van der Waals surface area contributed by atoms with E-state index in [0.29, 0.717) is 5.56 Å². The molecule has 3 aromatic carbocycles. The van der Waals surface area contributed by atoms with Crippen LogP contribution in [0.25, 0.3) is 17.2 Å². The maximum Gasteiger partial charge on any atom is 0.363 e. The summed E-state index contributed by atoms with van der Waals surface area (Å²) in [5.41, 5.74) is 2.53. The van der Waals surface area contributed by atoms with Gasteiger partial charge in [0, 0.05) is 23.3 Å². The summed E-state index contributed by atoms with van der Waals surface area (Å²) >= 11 is 0. The van der Waals surface area contributed by atoms with E-state index >= 15 is 0 Å². The van der Waals surface area contributed by atoms with Gasteiger partial charge in [0.25, 0.3) is 5.69 Å². The van der Waals surface area contributed by atoms with E-state index in [1.54, 1.807) is 12.1 Å². The number of cyclic esters (lactones) is 1. The molecule has 0 saturated heterocycles. The van der Waals surface area contributed by atoms with Crippen molar-refractivity contribution in [3.63, 3.8) is 0 Å². The summed E-state index contributed by atoms with van der Waals surface area (Å²) < 4.78 is 5.22. The topological polar surface area (TPSA) is 102 Å². The number of phenolic OH excluding ortho intramolecular Hbond substituents is 1. The second-order valence-corrected chi connectivity index (χ2v) is 6.28. The van der Waals surface area contributed by atoms with Gasteiger partial charge in [-0.25, -0.2) is 9.79 Å². The first-order chi connectivity index (χ1) is 14.0. The van der Waals surface area contributed by atoms with Gasteiger partial charge in [-0.05, 0) is 35.4 Å². The number of rotatable bonds is 4. The number of aromatic hydroxyl groups is 1. The van der Waals surface area contributed by atoms with E-state index in [1.165, 1.54) is 18.2 Å². The number of nitro groups is 1. The Bertz CT molecular complexity index is 1170. The molecular weight excluding hydrogens is 372 g/mol. The molecule has 0 aromatic heterocycles. The molecule has 0 fully saturated rings. The highest BCUT2D eigenvalue weighted by molar-refractivity contribution is 6.13. The molecule has 0 radical (unpaired) electrons.